The van der Waals surface area contributed by atoms with Crippen molar-refractivity contribution in [3.63, 3.8) is 0 Å². The molecule has 1 N–H and O–H groups in total. The van der Waals surface area contributed by atoms with Gasteiger partial charge in [0.2, 0.25) is 0 Å². The van der Waals surface area contributed by atoms with Crippen LogP contribution in [-0.2, 0) is 6.54 Å². The summed E-state index contributed by atoms with van der Waals surface area (Å²) < 4.78 is 0. The smallest absolute Gasteiger partial charge is 0.147 e. The summed E-state index contributed by atoms with van der Waals surface area (Å²) in [5.74, 6) is 1.66. The van der Waals surface area contributed by atoms with Gasteiger partial charge < -0.3 is 10.2 Å². The van der Waals surface area contributed by atoms with E-state index in [4.69, 9.17) is 11.6 Å². The quantitative estimate of drug-likeness (QED) is 0.838. The molecule has 0 radical (unpaired) electrons. The Morgan fingerprint density at radius 2 is 2.26 bits per heavy atom. The van der Waals surface area contributed by atoms with Gasteiger partial charge in [0.25, 0.3) is 0 Å². The van der Waals surface area contributed by atoms with E-state index in [1.807, 2.05) is 12.3 Å². The summed E-state index contributed by atoms with van der Waals surface area (Å²) in [7, 11) is 0. The minimum atomic E-state index is 0.532. The molecule has 0 bridgehead atoms. The van der Waals surface area contributed by atoms with Gasteiger partial charge in [0.15, 0.2) is 0 Å². The molecule has 0 amide bonds. The molecule has 2 heterocycles. The Balaban J connectivity index is 2.06. The fourth-order valence-corrected chi connectivity index (χ4v) is 3.08. The molecule has 2 atom stereocenters. The van der Waals surface area contributed by atoms with Crippen molar-refractivity contribution in [2.24, 2.45) is 5.92 Å². The lowest BCUT2D eigenvalue weighted by molar-refractivity contribution is 0.625. The monoisotopic (exact) mass is 281 g/mol. The molecule has 0 aromatic carbocycles. The molecular formula is C15H24ClN3. The normalized spacial score (nSPS) is 23.1. The van der Waals surface area contributed by atoms with E-state index in [0.29, 0.717) is 6.04 Å². The second-order valence-electron chi connectivity index (χ2n) is 5.67. The van der Waals surface area contributed by atoms with Gasteiger partial charge in [-0.25, -0.2) is 4.98 Å². The van der Waals surface area contributed by atoms with Crippen LogP contribution in [0.25, 0.3) is 0 Å². The van der Waals surface area contributed by atoms with E-state index < -0.39 is 0 Å². The van der Waals surface area contributed by atoms with Gasteiger partial charge >= 0.3 is 0 Å². The van der Waals surface area contributed by atoms with Crippen molar-refractivity contribution in [1.82, 2.24) is 10.3 Å². The van der Waals surface area contributed by atoms with Crippen LogP contribution in [-0.4, -0.2) is 24.1 Å². The highest BCUT2D eigenvalue weighted by Gasteiger charge is 2.28. The van der Waals surface area contributed by atoms with E-state index in [9.17, 15) is 0 Å². The first-order valence-corrected chi connectivity index (χ1v) is 7.61. The molecule has 1 aliphatic rings. The molecule has 1 aromatic rings. The number of rotatable bonds is 5. The number of nitrogens with one attached hydrogen (secondary N) is 1. The minimum absolute atomic E-state index is 0.532. The van der Waals surface area contributed by atoms with Gasteiger partial charge in [0.1, 0.15) is 5.82 Å². The van der Waals surface area contributed by atoms with Crippen molar-refractivity contribution in [1.29, 1.82) is 0 Å². The average molecular weight is 282 g/mol. The van der Waals surface area contributed by atoms with Crippen LogP contribution < -0.4 is 10.2 Å². The van der Waals surface area contributed by atoms with Crippen LogP contribution in [0.5, 0.6) is 0 Å². The first kappa shape index (κ1) is 14.6. The largest absolute Gasteiger partial charge is 0.352 e. The van der Waals surface area contributed by atoms with Crippen molar-refractivity contribution in [3.8, 4) is 0 Å². The van der Waals surface area contributed by atoms with E-state index in [1.165, 1.54) is 6.42 Å². The zero-order chi connectivity index (χ0) is 13.8. The fraction of sp³-hybridized carbons (Fsp3) is 0.667. The van der Waals surface area contributed by atoms with E-state index in [-0.39, 0.29) is 0 Å². The molecule has 106 valence electrons. The molecular weight excluding hydrogens is 258 g/mol. The molecule has 1 aliphatic heterocycles. The Bertz CT molecular complexity index is 422. The first-order chi connectivity index (χ1) is 9.11. The summed E-state index contributed by atoms with van der Waals surface area (Å²) in [5, 5.41) is 4.15. The van der Waals surface area contributed by atoms with E-state index in [0.717, 1.165) is 48.4 Å². The maximum absolute atomic E-state index is 6.40. The third-order valence-electron chi connectivity index (χ3n) is 3.69. The maximum Gasteiger partial charge on any atom is 0.147 e. The van der Waals surface area contributed by atoms with Crippen LogP contribution in [0.15, 0.2) is 12.3 Å². The third kappa shape index (κ3) is 3.61. The van der Waals surface area contributed by atoms with Gasteiger partial charge in [0, 0.05) is 25.3 Å². The molecule has 0 spiro atoms. The lowest BCUT2D eigenvalue weighted by atomic mass is 10.1. The lowest BCUT2D eigenvalue weighted by Crippen LogP contribution is -2.28. The SMILES string of the molecule is CCCNCc1cnc(N2CC(C)CC2C)c(Cl)c1. The zero-order valence-corrected chi connectivity index (χ0v) is 12.9. The number of hydrogen-bond donors (Lipinski definition) is 1. The van der Waals surface area contributed by atoms with Gasteiger partial charge in [-0.3, -0.25) is 0 Å². The second-order valence-corrected chi connectivity index (χ2v) is 6.08. The number of halogens is 1. The number of aromatic nitrogens is 1. The van der Waals surface area contributed by atoms with Crippen molar-refractivity contribution < 1.29 is 0 Å². The molecule has 0 aliphatic carbocycles. The van der Waals surface area contributed by atoms with Crippen LogP contribution in [0.1, 0.15) is 39.2 Å². The predicted molar refractivity (Wildman–Crippen MR) is 81.8 cm³/mol. The Morgan fingerprint density at radius 1 is 1.47 bits per heavy atom. The van der Waals surface area contributed by atoms with Gasteiger partial charge in [-0.05, 0) is 43.9 Å². The van der Waals surface area contributed by atoms with Crippen molar-refractivity contribution in [2.45, 2.75) is 46.2 Å². The van der Waals surface area contributed by atoms with Crippen LogP contribution >= 0.6 is 11.6 Å². The van der Waals surface area contributed by atoms with Crippen molar-refractivity contribution >= 4 is 17.4 Å². The summed E-state index contributed by atoms with van der Waals surface area (Å²) in [6.45, 7) is 9.62. The predicted octanol–water partition coefficient (Wildman–Crippen LogP) is 3.47. The van der Waals surface area contributed by atoms with E-state index in [1.54, 1.807) is 0 Å². The summed E-state index contributed by atoms with van der Waals surface area (Å²) in [6, 6.07) is 2.58. The molecule has 19 heavy (non-hydrogen) atoms. The van der Waals surface area contributed by atoms with E-state index >= 15 is 0 Å². The first-order valence-electron chi connectivity index (χ1n) is 7.23. The number of nitrogens with zero attached hydrogens (tertiary/aromatic N) is 2. The summed E-state index contributed by atoms with van der Waals surface area (Å²) in [4.78, 5) is 6.91. The van der Waals surface area contributed by atoms with Gasteiger partial charge in [-0.1, -0.05) is 25.4 Å². The summed E-state index contributed by atoms with van der Waals surface area (Å²) in [6.07, 6.45) is 4.31. The second kappa shape index (κ2) is 6.58. The zero-order valence-electron chi connectivity index (χ0n) is 12.1. The maximum atomic E-state index is 6.40. The van der Waals surface area contributed by atoms with Gasteiger partial charge in [-0.15, -0.1) is 0 Å². The Hall–Kier alpha value is -0.800. The van der Waals surface area contributed by atoms with Gasteiger partial charge in [0.05, 0.1) is 5.02 Å². The van der Waals surface area contributed by atoms with Crippen LogP contribution in [0.3, 0.4) is 0 Å². The lowest BCUT2D eigenvalue weighted by Gasteiger charge is -2.23. The summed E-state index contributed by atoms with van der Waals surface area (Å²) >= 11 is 6.40. The third-order valence-corrected chi connectivity index (χ3v) is 3.97. The Morgan fingerprint density at radius 3 is 2.84 bits per heavy atom. The molecule has 1 fully saturated rings. The molecule has 1 aromatic heterocycles. The van der Waals surface area contributed by atoms with Crippen LogP contribution in [0, 0.1) is 5.92 Å². The molecule has 2 rings (SSSR count). The molecule has 2 unspecified atom stereocenters. The molecule has 0 saturated carbocycles. The summed E-state index contributed by atoms with van der Waals surface area (Å²) in [5.41, 5.74) is 1.15. The highest BCUT2D eigenvalue weighted by Crippen LogP contribution is 2.32. The van der Waals surface area contributed by atoms with Crippen molar-refractivity contribution in [2.75, 3.05) is 18.0 Å². The Labute approximate surface area is 121 Å². The van der Waals surface area contributed by atoms with Crippen molar-refractivity contribution in [3.05, 3.63) is 22.8 Å². The van der Waals surface area contributed by atoms with E-state index in [2.05, 4.69) is 36.0 Å². The standard InChI is InChI=1S/C15H24ClN3/c1-4-5-17-8-13-7-14(16)15(18-9-13)19-10-11(2)6-12(19)3/h7,9,11-12,17H,4-6,8,10H2,1-3H3. The minimum Gasteiger partial charge on any atom is -0.352 e. The topological polar surface area (TPSA) is 28.2 Å². The van der Waals surface area contributed by atoms with Crippen LogP contribution in [0.4, 0.5) is 5.82 Å². The number of hydrogen-bond acceptors (Lipinski definition) is 3. The van der Waals surface area contributed by atoms with Crippen LogP contribution in [0.2, 0.25) is 5.02 Å². The number of anilines is 1. The highest BCUT2D eigenvalue weighted by molar-refractivity contribution is 6.33. The fourth-order valence-electron chi connectivity index (χ4n) is 2.78. The molecule has 3 nitrogen and oxygen atoms in total. The average Bonchev–Trinajstić information content (AvgIpc) is 2.69. The highest BCUT2D eigenvalue weighted by atomic mass is 35.5. The molecule has 1 saturated heterocycles. The molecule has 4 heteroatoms. The number of pyridine rings is 1. The van der Waals surface area contributed by atoms with Gasteiger partial charge in [-0.2, -0.15) is 0 Å². The Kier molecular flexibility index (Phi) is 5.06.